The van der Waals surface area contributed by atoms with E-state index in [-0.39, 0.29) is 0 Å². The zero-order valence-corrected chi connectivity index (χ0v) is 83.9. The lowest BCUT2D eigenvalue weighted by molar-refractivity contribution is 0.424. The van der Waals surface area contributed by atoms with Gasteiger partial charge in [-0.3, -0.25) is 0 Å². The Balaban J connectivity index is 0.000000118. The predicted molar refractivity (Wildman–Crippen MR) is 616 cm³/mol. The van der Waals surface area contributed by atoms with Crippen LogP contribution in [0.25, 0.3) is 157 Å². The average Bonchev–Trinajstić information content (AvgIpc) is 1.54. The molecule has 10 nitrogen and oxygen atoms in total. The van der Waals surface area contributed by atoms with Crippen LogP contribution in [0.15, 0.2) is 557 Å². The molecule has 0 aliphatic heterocycles. The van der Waals surface area contributed by atoms with Crippen LogP contribution >= 0.6 is 39.1 Å². The van der Waals surface area contributed by atoms with Gasteiger partial charge in [-0.1, -0.05) is 512 Å². The van der Waals surface area contributed by atoms with E-state index in [4.69, 9.17) is 63.2 Å². The average molecular weight is 2030 g/mol. The van der Waals surface area contributed by atoms with Crippen LogP contribution in [-0.4, -0.2) is 64.2 Å². The molecule has 2 aliphatic rings. The van der Waals surface area contributed by atoms with Crippen molar-refractivity contribution in [3.8, 4) is 157 Å². The SMILES string of the molecule is Brc1cccc(-c2nc(-c3ccccc3)cc(-c3ccccc3)n2)c1.Clc1cccc(-c2cccc(-c3nc(-c4ccccc4)cc(-c4ccccc4)n3)c2)c1.OB(O)c1ccc2c(c1)C(c1ccccc1)(c1ccccc1)c1ccccc1-2.OB(O)c1cccc(Cl)c1.c1ccc(-c2cc(-c3ccccc3)nc(-c3cccc(-c4cccc(-c5ccc6c(c5)C(c5ccccc5)(c5ccccc5)c5ccccc5-6)c4)c3)n2)cc1. The standard InChI is InChI=1S/C53H36N2.C28H19ClN2.C25H19BO2.C22H15BrN2.C6H6BClO2/c1-5-17-37(18-6-1)50-36-51(38-19-7-2-8-20-38)55-52(54-50)43-24-16-23-41(34-43)39-21-15-22-40(33-39)42-31-32-47-46-29-13-14-30-48(46)53(49(47)35-42,44-25-9-3-10-26-44)45-27-11-4-12-28-45;29-25-16-8-14-23(18-25)22-13-7-15-24(17-22)28-30-26(20-9-3-1-4-10-20)19-27(31-28)21-11-5-2-6-12-21;27-26(28)20-15-16-22-21-13-7-8-14-23(21)25(24(22)17-20,18-9-3-1-4-10-18)19-11-5-2-6-12-19;23-19-13-7-12-18(14-19)22-24-20(16-8-3-1-4-9-16)15-21(25-22)17-10-5-2-6-11-17;8-6-3-1-2-5(4-6)7(9)10/h1-36H;1-19H;1-17,27-28H;1-15H;1-4,9-10H. The highest BCUT2D eigenvalue weighted by Crippen LogP contribution is 2.59. The van der Waals surface area contributed by atoms with E-state index in [0.717, 1.165) is 144 Å². The fourth-order valence-electron chi connectivity index (χ4n) is 20.0. The van der Waals surface area contributed by atoms with Gasteiger partial charge >= 0.3 is 14.2 Å². The van der Waals surface area contributed by atoms with Gasteiger partial charge in [0.25, 0.3) is 0 Å². The lowest BCUT2D eigenvalue weighted by atomic mass is 9.66. The molecule has 712 valence electrons. The molecule has 0 unspecified atom stereocenters. The first-order valence-corrected chi connectivity index (χ1v) is 50.8. The third kappa shape index (κ3) is 21.3. The summed E-state index contributed by atoms with van der Waals surface area (Å²) in [5, 5.41) is 38.2. The lowest BCUT2D eigenvalue weighted by Gasteiger charge is -2.34. The molecule has 4 N–H and O–H groups in total. The Kier molecular flexibility index (Phi) is 29.6. The van der Waals surface area contributed by atoms with Crippen molar-refractivity contribution in [3.63, 3.8) is 0 Å². The molecular formula is C134H95B2BrCl2N6O4. The Hall–Kier alpha value is -17.3. The molecule has 0 spiro atoms. The van der Waals surface area contributed by atoms with Crippen molar-refractivity contribution < 1.29 is 20.1 Å². The molecule has 0 amide bonds. The highest BCUT2D eigenvalue weighted by molar-refractivity contribution is 9.10. The van der Waals surface area contributed by atoms with E-state index in [1.54, 1.807) is 24.3 Å². The van der Waals surface area contributed by atoms with Crippen LogP contribution in [0.2, 0.25) is 10.0 Å². The van der Waals surface area contributed by atoms with E-state index >= 15 is 0 Å². The second-order valence-electron chi connectivity index (χ2n) is 36.3. The number of aromatic nitrogens is 6. The van der Waals surface area contributed by atoms with Gasteiger partial charge in [0.05, 0.1) is 45.0 Å². The smallest absolute Gasteiger partial charge is 0.423 e. The molecule has 25 rings (SSSR count). The summed E-state index contributed by atoms with van der Waals surface area (Å²) in [7, 11) is -2.93. The number of rotatable bonds is 18. The number of hydrogen-bond acceptors (Lipinski definition) is 10. The minimum absolute atomic E-state index is 0.410. The van der Waals surface area contributed by atoms with Gasteiger partial charge in [0.15, 0.2) is 17.5 Å². The number of nitrogens with zero attached hydrogens (tertiary/aromatic N) is 6. The number of benzene rings is 20. The minimum Gasteiger partial charge on any atom is -0.423 e. The van der Waals surface area contributed by atoms with Gasteiger partial charge in [-0.15, -0.1) is 0 Å². The first-order chi connectivity index (χ1) is 73.2. The van der Waals surface area contributed by atoms with Crippen molar-refractivity contribution in [2.45, 2.75) is 10.8 Å². The van der Waals surface area contributed by atoms with E-state index in [1.807, 2.05) is 170 Å². The van der Waals surface area contributed by atoms with Gasteiger partial charge in [0, 0.05) is 64.6 Å². The van der Waals surface area contributed by atoms with Crippen molar-refractivity contribution in [2.24, 2.45) is 0 Å². The van der Waals surface area contributed by atoms with Crippen LogP contribution in [-0.2, 0) is 10.8 Å². The number of halogens is 3. The zero-order chi connectivity index (χ0) is 101. The van der Waals surface area contributed by atoms with Crippen LogP contribution in [0.1, 0.15) is 44.5 Å². The monoisotopic (exact) mass is 2020 g/mol. The Bertz CT molecular complexity index is 8370. The summed E-state index contributed by atoms with van der Waals surface area (Å²) in [4.78, 5) is 29.7. The molecule has 20 aromatic carbocycles. The van der Waals surface area contributed by atoms with Crippen molar-refractivity contribution in [2.75, 3.05) is 0 Å². The Morgan fingerprint density at radius 3 is 0.725 bits per heavy atom. The molecular weight excluding hydrogens is 1930 g/mol. The molecule has 0 fully saturated rings. The summed E-state index contributed by atoms with van der Waals surface area (Å²) in [5.74, 6) is 2.13. The Morgan fingerprint density at radius 1 is 0.174 bits per heavy atom. The van der Waals surface area contributed by atoms with Crippen molar-refractivity contribution in [1.29, 1.82) is 0 Å². The maximum Gasteiger partial charge on any atom is 0.488 e. The summed E-state index contributed by atoms with van der Waals surface area (Å²) in [5.41, 5.74) is 36.2. The molecule has 3 aromatic heterocycles. The van der Waals surface area contributed by atoms with Crippen molar-refractivity contribution in [1.82, 2.24) is 29.9 Å². The van der Waals surface area contributed by atoms with E-state index in [9.17, 15) is 10.0 Å². The highest BCUT2D eigenvalue weighted by Gasteiger charge is 2.48. The number of fused-ring (bicyclic) bond motifs is 6. The molecule has 0 saturated carbocycles. The quantitative estimate of drug-likeness (QED) is 0.0610. The normalized spacial score (nSPS) is 11.8. The van der Waals surface area contributed by atoms with Gasteiger partial charge in [-0.2, -0.15) is 0 Å². The van der Waals surface area contributed by atoms with Crippen LogP contribution in [0.4, 0.5) is 0 Å². The predicted octanol–water partition coefficient (Wildman–Crippen LogP) is 31.0. The van der Waals surface area contributed by atoms with Gasteiger partial charge in [-0.05, 0) is 190 Å². The van der Waals surface area contributed by atoms with Crippen LogP contribution in [0, 0.1) is 0 Å². The summed E-state index contributed by atoms with van der Waals surface area (Å²) < 4.78 is 1.01. The van der Waals surface area contributed by atoms with Crippen molar-refractivity contribution >= 4 is 64.3 Å². The summed E-state index contributed by atoms with van der Waals surface area (Å²) >= 11 is 15.3. The zero-order valence-electron chi connectivity index (χ0n) is 80.8. The van der Waals surface area contributed by atoms with E-state index < -0.39 is 25.1 Å². The molecule has 149 heavy (non-hydrogen) atoms. The van der Waals surface area contributed by atoms with Crippen LogP contribution in [0.5, 0.6) is 0 Å². The largest absolute Gasteiger partial charge is 0.488 e. The Labute approximate surface area is 886 Å². The number of hydrogen-bond donors (Lipinski definition) is 4. The van der Waals surface area contributed by atoms with E-state index in [2.05, 4.69) is 368 Å². The van der Waals surface area contributed by atoms with Gasteiger partial charge in [0.1, 0.15) is 0 Å². The maximum absolute atomic E-state index is 9.84. The third-order valence-electron chi connectivity index (χ3n) is 27.0. The van der Waals surface area contributed by atoms with Gasteiger partial charge in [0.2, 0.25) is 0 Å². The third-order valence-corrected chi connectivity index (χ3v) is 28.0. The van der Waals surface area contributed by atoms with Gasteiger partial charge < -0.3 is 20.1 Å². The minimum atomic E-state index is -1.50. The summed E-state index contributed by atoms with van der Waals surface area (Å²) in [6, 6.07) is 189. The highest BCUT2D eigenvalue weighted by atomic mass is 79.9. The van der Waals surface area contributed by atoms with Gasteiger partial charge in [-0.25, -0.2) is 29.9 Å². The summed E-state index contributed by atoms with van der Waals surface area (Å²) in [6.45, 7) is 0. The molecule has 0 saturated heterocycles. The Morgan fingerprint density at radius 2 is 0.409 bits per heavy atom. The molecule has 2 aliphatic carbocycles. The van der Waals surface area contributed by atoms with E-state index in [1.165, 1.54) is 61.7 Å². The first-order valence-electron chi connectivity index (χ1n) is 49.3. The van der Waals surface area contributed by atoms with Crippen LogP contribution < -0.4 is 10.9 Å². The molecule has 0 atom stereocenters. The maximum atomic E-state index is 9.84. The molecule has 15 heteroatoms. The summed E-state index contributed by atoms with van der Waals surface area (Å²) in [6.07, 6.45) is 0. The topological polar surface area (TPSA) is 158 Å². The first kappa shape index (κ1) is 97.7. The molecule has 3 heterocycles. The van der Waals surface area contributed by atoms with Crippen LogP contribution in [0.3, 0.4) is 0 Å². The van der Waals surface area contributed by atoms with E-state index in [0.29, 0.717) is 27.6 Å². The lowest BCUT2D eigenvalue weighted by Crippen LogP contribution is -2.33. The second-order valence-corrected chi connectivity index (χ2v) is 38.1. The molecule has 0 bridgehead atoms. The molecule has 0 radical (unpaired) electrons. The second kappa shape index (κ2) is 45.1. The molecule has 23 aromatic rings. The fraction of sp³-hybridized carbons (Fsp3) is 0.0149. The fourth-order valence-corrected chi connectivity index (χ4v) is 20.8. The van der Waals surface area contributed by atoms with Crippen molar-refractivity contribution in [3.05, 3.63) is 611 Å².